The van der Waals surface area contributed by atoms with Crippen molar-refractivity contribution in [2.75, 3.05) is 13.2 Å². The van der Waals surface area contributed by atoms with Gasteiger partial charge in [0.25, 0.3) is 0 Å². The Balaban J connectivity index is 2.32. The van der Waals surface area contributed by atoms with Gasteiger partial charge in [-0.3, -0.25) is 10.1 Å². The standard InChI is InChI=1S/C10H20N2O/c1-3-5-6-9-10(13)12(7-4-2)8-11-9/h9,11H,3-8H2,1-2H3. The minimum atomic E-state index is 0.103. The molecule has 0 bridgehead atoms. The molecule has 0 spiro atoms. The van der Waals surface area contributed by atoms with Crippen LogP contribution in [0.25, 0.3) is 0 Å². The molecule has 1 saturated heterocycles. The second-order valence-corrected chi connectivity index (χ2v) is 3.66. The third-order valence-electron chi connectivity index (χ3n) is 2.48. The summed E-state index contributed by atoms with van der Waals surface area (Å²) < 4.78 is 0. The topological polar surface area (TPSA) is 32.3 Å². The number of hydrogen-bond acceptors (Lipinski definition) is 2. The van der Waals surface area contributed by atoms with Gasteiger partial charge in [-0.1, -0.05) is 26.7 Å². The van der Waals surface area contributed by atoms with E-state index in [9.17, 15) is 4.79 Å². The van der Waals surface area contributed by atoms with Crippen molar-refractivity contribution in [1.29, 1.82) is 0 Å². The molecule has 3 nitrogen and oxygen atoms in total. The number of amides is 1. The molecule has 3 heteroatoms. The monoisotopic (exact) mass is 184 g/mol. The van der Waals surface area contributed by atoms with Gasteiger partial charge in [-0.2, -0.15) is 0 Å². The summed E-state index contributed by atoms with van der Waals surface area (Å²) in [6, 6.07) is 0.103. The van der Waals surface area contributed by atoms with E-state index in [1.807, 2.05) is 4.90 Å². The lowest BCUT2D eigenvalue weighted by Crippen LogP contribution is -2.30. The predicted octanol–water partition coefficient (Wildman–Crippen LogP) is 1.34. The van der Waals surface area contributed by atoms with Crippen molar-refractivity contribution in [2.24, 2.45) is 0 Å². The highest BCUT2D eigenvalue weighted by molar-refractivity contribution is 5.83. The largest absolute Gasteiger partial charge is 0.329 e. The van der Waals surface area contributed by atoms with Crippen molar-refractivity contribution >= 4 is 5.91 Å². The minimum Gasteiger partial charge on any atom is -0.329 e. The molecule has 13 heavy (non-hydrogen) atoms. The Morgan fingerprint density at radius 3 is 2.85 bits per heavy atom. The molecule has 1 N–H and O–H groups in total. The Labute approximate surface area is 80.5 Å². The van der Waals surface area contributed by atoms with E-state index in [1.54, 1.807) is 0 Å². The number of carbonyl (C=O) groups is 1. The molecule has 1 fully saturated rings. The summed E-state index contributed by atoms with van der Waals surface area (Å²) >= 11 is 0. The molecule has 1 atom stereocenters. The molecule has 76 valence electrons. The number of nitrogens with one attached hydrogen (secondary N) is 1. The van der Waals surface area contributed by atoms with Crippen LogP contribution in [-0.2, 0) is 4.79 Å². The molecule has 0 radical (unpaired) electrons. The maximum Gasteiger partial charge on any atom is 0.240 e. The molecule has 0 aromatic rings. The zero-order chi connectivity index (χ0) is 9.68. The lowest BCUT2D eigenvalue weighted by molar-refractivity contribution is -0.129. The van der Waals surface area contributed by atoms with Gasteiger partial charge in [0, 0.05) is 6.54 Å². The molecule has 1 aliphatic heterocycles. The van der Waals surface area contributed by atoms with Crippen molar-refractivity contribution in [2.45, 2.75) is 45.6 Å². The van der Waals surface area contributed by atoms with Gasteiger partial charge in [-0.15, -0.1) is 0 Å². The molecule has 0 saturated carbocycles. The fourth-order valence-corrected chi connectivity index (χ4v) is 1.70. The van der Waals surface area contributed by atoms with Gasteiger partial charge >= 0.3 is 0 Å². The third kappa shape index (κ3) is 2.69. The van der Waals surface area contributed by atoms with E-state index in [2.05, 4.69) is 19.2 Å². The Morgan fingerprint density at radius 1 is 1.46 bits per heavy atom. The summed E-state index contributed by atoms with van der Waals surface area (Å²) in [6.45, 7) is 5.91. The van der Waals surface area contributed by atoms with Crippen LogP contribution in [0.3, 0.4) is 0 Å². The average Bonchev–Trinajstić information content (AvgIpc) is 2.46. The van der Waals surface area contributed by atoms with Crippen LogP contribution in [0.15, 0.2) is 0 Å². The summed E-state index contributed by atoms with van der Waals surface area (Å²) in [7, 11) is 0. The zero-order valence-corrected chi connectivity index (χ0v) is 8.68. The molecule has 1 unspecified atom stereocenters. The highest BCUT2D eigenvalue weighted by Gasteiger charge is 2.29. The molecule has 0 aliphatic carbocycles. The lowest BCUT2D eigenvalue weighted by Gasteiger charge is -2.13. The fraction of sp³-hybridized carbons (Fsp3) is 0.900. The van der Waals surface area contributed by atoms with E-state index in [0.717, 1.165) is 32.5 Å². The van der Waals surface area contributed by atoms with E-state index in [4.69, 9.17) is 0 Å². The van der Waals surface area contributed by atoms with Gasteiger partial charge in [-0.25, -0.2) is 0 Å². The first-order valence-corrected chi connectivity index (χ1v) is 5.31. The fourth-order valence-electron chi connectivity index (χ4n) is 1.70. The predicted molar refractivity (Wildman–Crippen MR) is 53.3 cm³/mol. The van der Waals surface area contributed by atoms with Gasteiger partial charge < -0.3 is 4.90 Å². The molecule has 1 heterocycles. The molecule has 1 amide bonds. The van der Waals surface area contributed by atoms with Crippen molar-refractivity contribution in [3.05, 3.63) is 0 Å². The van der Waals surface area contributed by atoms with E-state index >= 15 is 0 Å². The van der Waals surface area contributed by atoms with Crippen LogP contribution in [0.2, 0.25) is 0 Å². The van der Waals surface area contributed by atoms with E-state index in [-0.39, 0.29) is 6.04 Å². The Bertz CT molecular complexity index is 170. The second-order valence-electron chi connectivity index (χ2n) is 3.66. The Morgan fingerprint density at radius 2 is 2.23 bits per heavy atom. The van der Waals surface area contributed by atoms with Crippen LogP contribution >= 0.6 is 0 Å². The SMILES string of the molecule is CCCCC1NCN(CCC)C1=O. The van der Waals surface area contributed by atoms with Gasteiger partial charge in [0.15, 0.2) is 0 Å². The summed E-state index contributed by atoms with van der Waals surface area (Å²) in [5.41, 5.74) is 0. The molecule has 0 aromatic heterocycles. The summed E-state index contributed by atoms with van der Waals surface area (Å²) in [6.07, 6.45) is 4.35. The second kappa shape index (κ2) is 5.22. The highest BCUT2D eigenvalue weighted by Crippen LogP contribution is 2.10. The highest BCUT2D eigenvalue weighted by atomic mass is 16.2. The van der Waals surface area contributed by atoms with Crippen molar-refractivity contribution in [3.8, 4) is 0 Å². The van der Waals surface area contributed by atoms with Crippen molar-refractivity contribution in [1.82, 2.24) is 10.2 Å². The first-order chi connectivity index (χ1) is 6.29. The molecule has 1 aliphatic rings. The van der Waals surface area contributed by atoms with Crippen LogP contribution in [0.5, 0.6) is 0 Å². The van der Waals surface area contributed by atoms with E-state index in [1.165, 1.54) is 6.42 Å². The van der Waals surface area contributed by atoms with Crippen molar-refractivity contribution < 1.29 is 4.79 Å². The summed E-state index contributed by atoms with van der Waals surface area (Å²) in [5.74, 6) is 0.301. The summed E-state index contributed by atoms with van der Waals surface area (Å²) in [5, 5.41) is 3.25. The molecule has 1 rings (SSSR count). The number of nitrogens with zero attached hydrogens (tertiary/aromatic N) is 1. The van der Waals surface area contributed by atoms with Crippen LogP contribution in [0.4, 0.5) is 0 Å². The van der Waals surface area contributed by atoms with Gasteiger partial charge in [0.05, 0.1) is 12.7 Å². The van der Waals surface area contributed by atoms with E-state index < -0.39 is 0 Å². The first-order valence-electron chi connectivity index (χ1n) is 5.31. The maximum atomic E-state index is 11.7. The molecular formula is C10H20N2O. The number of rotatable bonds is 5. The van der Waals surface area contributed by atoms with Crippen LogP contribution in [0.1, 0.15) is 39.5 Å². The summed E-state index contributed by atoms with van der Waals surface area (Å²) in [4.78, 5) is 13.6. The number of hydrogen-bond donors (Lipinski definition) is 1. The average molecular weight is 184 g/mol. The number of unbranched alkanes of at least 4 members (excludes halogenated alkanes) is 1. The minimum absolute atomic E-state index is 0.103. The molecular weight excluding hydrogens is 164 g/mol. The number of carbonyl (C=O) groups excluding carboxylic acids is 1. The van der Waals surface area contributed by atoms with Crippen LogP contribution < -0.4 is 5.32 Å². The first kappa shape index (κ1) is 10.5. The van der Waals surface area contributed by atoms with Crippen LogP contribution in [0, 0.1) is 0 Å². The maximum absolute atomic E-state index is 11.7. The Hall–Kier alpha value is -0.570. The zero-order valence-electron chi connectivity index (χ0n) is 8.68. The van der Waals surface area contributed by atoms with E-state index in [0.29, 0.717) is 5.91 Å². The third-order valence-corrected chi connectivity index (χ3v) is 2.48. The van der Waals surface area contributed by atoms with Gasteiger partial charge in [0.1, 0.15) is 0 Å². The van der Waals surface area contributed by atoms with Crippen molar-refractivity contribution in [3.63, 3.8) is 0 Å². The van der Waals surface area contributed by atoms with Gasteiger partial charge in [0.2, 0.25) is 5.91 Å². The quantitative estimate of drug-likeness (QED) is 0.699. The van der Waals surface area contributed by atoms with Gasteiger partial charge in [-0.05, 0) is 12.8 Å². The normalized spacial score (nSPS) is 22.8. The van der Waals surface area contributed by atoms with Crippen LogP contribution in [-0.4, -0.2) is 30.1 Å². The smallest absolute Gasteiger partial charge is 0.240 e. The lowest BCUT2D eigenvalue weighted by atomic mass is 10.1. The molecule has 0 aromatic carbocycles. The Kier molecular flexibility index (Phi) is 4.22.